The first kappa shape index (κ1) is 19.7. The molecule has 0 saturated carbocycles. The SMILES string of the molecule is CC(=O)c1cccc(Nc2nc(Nc3ccc(F)cc3)nc(N3CCOCC3)n2)c1. The van der Waals surface area contributed by atoms with E-state index in [0.717, 1.165) is 0 Å². The number of nitrogens with one attached hydrogen (secondary N) is 2. The summed E-state index contributed by atoms with van der Waals surface area (Å²) in [5.74, 6) is 0.808. The maximum absolute atomic E-state index is 13.2. The number of carbonyl (C=O) groups is 1. The van der Waals surface area contributed by atoms with Crippen LogP contribution in [0, 0.1) is 5.82 Å². The Morgan fingerprint density at radius 1 is 0.967 bits per heavy atom. The number of ether oxygens (including phenoxy) is 1. The average molecular weight is 408 g/mol. The van der Waals surface area contributed by atoms with Crippen LogP contribution < -0.4 is 15.5 Å². The first-order valence-electron chi connectivity index (χ1n) is 9.56. The molecule has 0 unspecified atom stereocenters. The zero-order valence-corrected chi connectivity index (χ0v) is 16.4. The molecule has 2 N–H and O–H groups in total. The van der Waals surface area contributed by atoms with E-state index in [1.807, 2.05) is 11.0 Å². The standard InChI is InChI=1S/C21H21FN6O2/c1-14(29)15-3-2-4-18(13-15)24-20-25-19(23-17-7-5-16(22)6-8-17)26-21(27-20)28-9-11-30-12-10-28/h2-8,13H,9-12H2,1H3,(H2,23,24,25,26,27). The highest BCUT2D eigenvalue weighted by Crippen LogP contribution is 2.22. The number of halogens is 1. The Hall–Kier alpha value is -3.59. The highest BCUT2D eigenvalue weighted by Gasteiger charge is 2.17. The fraction of sp³-hybridized carbons (Fsp3) is 0.238. The summed E-state index contributed by atoms with van der Waals surface area (Å²) in [4.78, 5) is 27.2. The third-order valence-corrected chi connectivity index (χ3v) is 4.54. The van der Waals surface area contributed by atoms with Crippen molar-refractivity contribution in [2.75, 3.05) is 41.8 Å². The molecule has 1 saturated heterocycles. The number of carbonyl (C=O) groups excluding carboxylic acids is 1. The quantitative estimate of drug-likeness (QED) is 0.599. The number of rotatable bonds is 6. The van der Waals surface area contributed by atoms with Crippen LogP contribution in [-0.4, -0.2) is 47.0 Å². The molecule has 3 aromatic rings. The lowest BCUT2D eigenvalue weighted by Gasteiger charge is -2.27. The summed E-state index contributed by atoms with van der Waals surface area (Å²) in [6.07, 6.45) is 0. The van der Waals surface area contributed by atoms with Gasteiger partial charge in [0.1, 0.15) is 5.82 Å². The van der Waals surface area contributed by atoms with Gasteiger partial charge in [0.25, 0.3) is 0 Å². The summed E-state index contributed by atoms with van der Waals surface area (Å²) in [5, 5.41) is 6.23. The van der Waals surface area contributed by atoms with Gasteiger partial charge in [-0.15, -0.1) is 0 Å². The molecule has 2 heterocycles. The van der Waals surface area contributed by atoms with Gasteiger partial charge in [0, 0.05) is 30.0 Å². The second kappa shape index (κ2) is 8.83. The number of nitrogens with zero attached hydrogens (tertiary/aromatic N) is 4. The van der Waals surface area contributed by atoms with E-state index in [2.05, 4.69) is 25.6 Å². The van der Waals surface area contributed by atoms with Crippen LogP contribution in [0.5, 0.6) is 0 Å². The summed E-state index contributed by atoms with van der Waals surface area (Å²) in [7, 11) is 0. The lowest BCUT2D eigenvalue weighted by molar-refractivity contribution is 0.101. The van der Waals surface area contributed by atoms with Crippen LogP contribution >= 0.6 is 0 Å². The zero-order chi connectivity index (χ0) is 20.9. The van der Waals surface area contributed by atoms with E-state index in [4.69, 9.17) is 4.74 Å². The van der Waals surface area contributed by atoms with Gasteiger partial charge in [0.15, 0.2) is 5.78 Å². The van der Waals surface area contributed by atoms with Gasteiger partial charge in [-0.05, 0) is 43.3 Å². The normalized spacial score (nSPS) is 13.7. The van der Waals surface area contributed by atoms with Gasteiger partial charge in [0.2, 0.25) is 17.8 Å². The molecule has 0 atom stereocenters. The van der Waals surface area contributed by atoms with E-state index in [-0.39, 0.29) is 11.6 Å². The Morgan fingerprint density at radius 3 is 2.30 bits per heavy atom. The van der Waals surface area contributed by atoms with Gasteiger partial charge in [-0.25, -0.2) is 4.39 Å². The number of ketones is 1. The summed E-state index contributed by atoms with van der Waals surface area (Å²) in [6, 6.07) is 13.1. The van der Waals surface area contributed by atoms with Crippen molar-refractivity contribution in [1.82, 2.24) is 15.0 Å². The number of morpholine rings is 1. The topological polar surface area (TPSA) is 92.3 Å². The molecule has 0 radical (unpaired) electrons. The second-order valence-corrected chi connectivity index (χ2v) is 6.78. The molecule has 4 rings (SSSR count). The molecule has 8 nitrogen and oxygen atoms in total. The Morgan fingerprint density at radius 2 is 1.63 bits per heavy atom. The van der Waals surface area contributed by atoms with E-state index in [9.17, 15) is 9.18 Å². The van der Waals surface area contributed by atoms with Crippen molar-refractivity contribution < 1.29 is 13.9 Å². The van der Waals surface area contributed by atoms with Gasteiger partial charge < -0.3 is 20.3 Å². The number of benzene rings is 2. The van der Waals surface area contributed by atoms with Gasteiger partial charge in [-0.2, -0.15) is 15.0 Å². The van der Waals surface area contributed by atoms with Crippen molar-refractivity contribution in [2.24, 2.45) is 0 Å². The third kappa shape index (κ3) is 4.87. The number of Topliss-reactive ketones (excluding diaryl/α,β-unsaturated/α-hetero) is 1. The molecule has 30 heavy (non-hydrogen) atoms. The van der Waals surface area contributed by atoms with Crippen molar-refractivity contribution in [3.05, 3.63) is 59.9 Å². The third-order valence-electron chi connectivity index (χ3n) is 4.54. The van der Waals surface area contributed by atoms with Gasteiger partial charge in [-0.1, -0.05) is 12.1 Å². The summed E-state index contributed by atoms with van der Waals surface area (Å²) in [5.41, 5.74) is 1.93. The Labute approximate surface area is 173 Å². The maximum Gasteiger partial charge on any atom is 0.233 e. The summed E-state index contributed by atoms with van der Waals surface area (Å²) in [6.45, 7) is 4.04. The summed E-state index contributed by atoms with van der Waals surface area (Å²) < 4.78 is 18.6. The average Bonchev–Trinajstić information content (AvgIpc) is 2.76. The lowest BCUT2D eigenvalue weighted by atomic mass is 10.1. The zero-order valence-electron chi connectivity index (χ0n) is 16.4. The molecule has 154 valence electrons. The van der Waals surface area contributed by atoms with Crippen molar-refractivity contribution in [3.8, 4) is 0 Å². The molecule has 0 aliphatic carbocycles. The minimum absolute atomic E-state index is 0.0260. The van der Waals surface area contributed by atoms with Crippen LogP contribution in [-0.2, 0) is 4.74 Å². The largest absolute Gasteiger partial charge is 0.378 e. The molecule has 0 bridgehead atoms. The van der Waals surface area contributed by atoms with Crippen LogP contribution in [0.1, 0.15) is 17.3 Å². The molecule has 1 aliphatic rings. The fourth-order valence-corrected chi connectivity index (χ4v) is 2.99. The minimum Gasteiger partial charge on any atom is -0.378 e. The van der Waals surface area contributed by atoms with Crippen LogP contribution in [0.3, 0.4) is 0 Å². The smallest absolute Gasteiger partial charge is 0.233 e. The molecule has 1 aromatic heterocycles. The van der Waals surface area contributed by atoms with Gasteiger partial charge in [0.05, 0.1) is 13.2 Å². The predicted molar refractivity (Wildman–Crippen MR) is 112 cm³/mol. The molecule has 2 aromatic carbocycles. The first-order chi connectivity index (χ1) is 14.6. The number of anilines is 5. The Kier molecular flexibility index (Phi) is 5.80. The van der Waals surface area contributed by atoms with Crippen molar-refractivity contribution in [3.63, 3.8) is 0 Å². The minimum atomic E-state index is -0.321. The van der Waals surface area contributed by atoms with Gasteiger partial charge in [-0.3, -0.25) is 4.79 Å². The number of hydrogen-bond acceptors (Lipinski definition) is 8. The molecule has 0 amide bonds. The van der Waals surface area contributed by atoms with Crippen molar-refractivity contribution >= 4 is 35.0 Å². The highest BCUT2D eigenvalue weighted by atomic mass is 19.1. The van der Waals surface area contributed by atoms with E-state index >= 15 is 0 Å². The monoisotopic (exact) mass is 408 g/mol. The molecule has 1 fully saturated rings. The van der Waals surface area contributed by atoms with Crippen molar-refractivity contribution in [2.45, 2.75) is 6.92 Å². The molecule has 9 heteroatoms. The van der Waals surface area contributed by atoms with Crippen LogP contribution in [0.25, 0.3) is 0 Å². The second-order valence-electron chi connectivity index (χ2n) is 6.78. The van der Waals surface area contributed by atoms with Crippen LogP contribution in [0.4, 0.5) is 33.6 Å². The first-order valence-corrected chi connectivity index (χ1v) is 9.56. The molecule has 1 aliphatic heterocycles. The summed E-state index contributed by atoms with van der Waals surface area (Å²) >= 11 is 0. The molecular formula is C21H21FN6O2. The van der Waals surface area contributed by atoms with E-state index < -0.39 is 0 Å². The number of hydrogen-bond donors (Lipinski definition) is 2. The molecule has 0 spiro atoms. The number of aromatic nitrogens is 3. The fourth-order valence-electron chi connectivity index (χ4n) is 2.99. The Bertz CT molecular complexity index is 1040. The predicted octanol–water partition coefficient (Wildman–Crippen LogP) is 3.54. The highest BCUT2D eigenvalue weighted by molar-refractivity contribution is 5.95. The Balaban J connectivity index is 1.64. The molecular weight excluding hydrogens is 387 g/mol. The van der Waals surface area contributed by atoms with Gasteiger partial charge >= 0.3 is 0 Å². The van der Waals surface area contributed by atoms with E-state index in [0.29, 0.717) is 61.1 Å². The maximum atomic E-state index is 13.2. The van der Waals surface area contributed by atoms with E-state index in [1.165, 1.54) is 19.1 Å². The van der Waals surface area contributed by atoms with Crippen LogP contribution in [0.15, 0.2) is 48.5 Å². The van der Waals surface area contributed by atoms with Crippen molar-refractivity contribution in [1.29, 1.82) is 0 Å². The lowest BCUT2D eigenvalue weighted by Crippen LogP contribution is -2.37. The van der Waals surface area contributed by atoms with E-state index in [1.54, 1.807) is 30.3 Å². The van der Waals surface area contributed by atoms with Crippen LogP contribution in [0.2, 0.25) is 0 Å².